The van der Waals surface area contributed by atoms with Crippen LogP contribution in [-0.4, -0.2) is 60.6 Å². The first-order valence-corrected chi connectivity index (χ1v) is 13.2. The van der Waals surface area contributed by atoms with E-state index in [2.05, 4.69) is 54.7 Å². The second-order valence-electron chi connectivity index (χ2n) is 9.06. The molecule has 166 valence electrons. The molecule has 8 nitrogen and oxygen atoms in total. The van der Waals surface area contributed by atoms with E-state index in [1.165, 1.54) is 4.90 Å². The van der Waals surface area contributed by atoms with Gasteiger partial charge in [0.2, 0.25) is 5.95 Å². The summed E-state index contributed by atoms with van der Waals surface area (Å²) < 4.78 is 0. The number of rotatable bonds is 8. The topological polar surface area (TPSA) is 100 Å². The molecule has 0 bridgehead atoms. The van der Waals surface area contributed by atoms with Crippen molar-refractivity contribution in [1.82, 2.24) is 9.97 Å². The van der Waals surface area contributed by atoms with Crippen molar-refractivity contribution in [2.24, 2.45) is 27.8 Å². The first-order valence-electron chi connectivity index (χ1n) is 10.5. The lowest BCUT2D eigenvalue weighted by atomic mass is 9.94. The van der Waals surface area contributed by atoms with Crippen molar-refractivity contribution < 1.29 is 0 Å². The summed E-state index contributed by atoms with van der Waals surface area (Å²) in [5.41, 5.74) is 1.97. The third-order valence-electron chi connectivity index (χ3n) is 6.39. The van der Waals surface area contributed by atoms with Gasteiger partial charge in [0.1, 0.15) is 6.54 Å². The van der Waals surface area contributed by atoms with Crippen molar-refractivity contribution >= 4 is 28.5 Å². The number of piperidine rings is 1. The van der Waals surface area contributed by atoms with Crippen LogP contribution >= 0.6 is 10.0 Å². The number of hydrazine groups is 1. The second-order valence-corrected chi connectivity index (χ2v) is 12.9. The molecule has 0 amide bonds. The molecule has 3 rings (SSSR count). The number of nitrogens with two attached hydrogens (primary N) is 1. The van der Waals surface area contributed by atoms with Crippen molar-refractivity contribution in [3.05, 3.63) is 22.9 Å². The van der Waals surface area contributed by atoms with Crippen LogP contribution in [0, 0.1) is 16.7 Å². The predicted molar refractivity (Wildman–Crippen MR) is 128 cm³/mol. The summed E-state index contributed by atoms with van der Waals surface area (Å²) in [6.07, 6.45) is 7.45. The molecule has 2 aliphatic heterocycles. The Bertz CT molecular complexity index is 818. The molecule has 0 unspecified atom stereocenters. The molecule has 1 aromatic heterocycles. The summed E-state index contributed by atoms with van der Waals surface area (Å²) in [7, 11) is -1.03. The molecule has 9 heteroatoms. The Hall–Kier alpha value is -2.00. The lowest BCUT2D eigenvalue weighted by molar-refractivity contribution is 0.448. The van der Waals surface area contributed by atoms with Gasteiger partial charge in [0.25, 0.3) is 0 Å². The van der Waals surface area contributed by atoms with E-state index in [1.807, 2.05) is 0 Å². The van der Waals surface area contributed by atoms with Crippen molar-refractivity contribution in [3.8, 4) is 0 Å². The van der Waals surface area contributed by atoms with E-state index in [9.17, 15) is 4.91 Å². The van der Waals surface area contributed by atoms with Crippen LogP contribution in [0.5, 0.6) is 0 Å². The van der Waals surface area contributed by atoms with Crippen LogP contribution in [0.4, 0.5) is 11.8 Å². The fourth-order valence-electron chi connectivity index (χ4n) is 4.37. The summed E-state index contributed by atoms with van der Waals surface area (Å²) >= 11 is 0. The molecule has 1 fully saturated rings. The van der Waals surface area contributed by atoms with Gasteiger partial charge in [-0.3, -0.25) is 10.0 Å². The SMILES string of the molecule is C=NC(=C)C1CCN(c2nc3c(c(N(N)[C@@H](CN=O)C(C)C)n2)S(C)(C)CC3)CC1. The maximum absolute atomic E-state index is 11.1. The molecular weight excluding hydrogens is 398 g/mol. The minimum absolute atomic E-state index is 0.139. The first-order chi connectivity index (χ1) is 14.2. The normalized spacial score (nSPS) is 20.5. The summed E-state index contributed by atoms with van der Waals surface area (Å²) in [4.78, 5) is 28.4. The highest BCUT2D eigenvalue weighted by Gasteiger charge is 2.36. The molecule has 3 heterocycles. The van der Waals surface area contributed by atoms with E-state index in [0.717, 1.165) is 61.3 Å². The number of hydrogen-bond donors (Lipinski definition) is 1. The van der Waals surface area contributed by atoms with Gasteiger partial charge in [-0.25, -0.2) is 20.9 Å². The summed E-state index contributed by atoms with van der Waals surface area (Å²) in [5, 5.41) is 4.82. The average Bonchev–Trinajstić information content (AvgIpc) is 3.05. The number of allylic oxidation sites excluding steroid dienone is 1. The molecule has 2 aliphatic rings. The smallest absolute Gasteiger partial charge is 0.227 e. The number of nitroso groups, excluding NO2 is 1. The number of nitrogens with zero attached hydrogens (tertiary/aromatic N) is 6. The Morgan fingerprint density at radius 1 is 1.33 bits per heavy atom. The Balaban J connectivity index is 1.96. The van der Waals surface area contributed by atoms with E-state index in [1.54, 1.807) is 5.01 Å². The summed E-state index contributed by atoms with van der Waals surface area (Å²) in [6, 6.07) is -0.196. The van der Waals surface area contributed by atoms with Crippen molar-refractivity contribution in [2.45, 2.75) is 44.0 Å². The van der Waals surface area contributed by atoms with Gasteiger partial charge < -0.3 is 4.90 Å². The van der Waals surface area contributed by atoms with E-state index in [4.69, 9.17) is 15.8 Å². The highest BCUT2D eigenvalue weighted by Crippen LogP contribution is 2.59. The van der Waals surface area contributed by atoms with Gasteiger partial charge >= 0.3 is 0 Å². The van der Waals surface area contributed by atoms with E-state index in [0.29, 0.717) is 5.92 Å². The van der Waals surface area contributed by atoms with Crippen molar-refractivity contribution in [3.63, 3.8) is 0 Å². The fraction of sp³-hybridized carbons (Fsp3) is 0.667. The first kappa shape index (κ1) is 22.7. The molecule has 2 N–H and O–H groups in total. The summed E-state index contributed by atoms with van der Waals surface area (Å²) in [6.45, 7) is 13.6. The monoisotopic (exact) mass is 433 g/mol. The lowest BCUT2D eigenvalue weighted by Crippen LogP contribution is -2.47. The standard InChI is InChI=1S/C21H35N7OS/c1-14(2)18(13-24-29)28(22)20-19-17(9-12-30(19,5)6)25-21(26-20)27-10-7-16(8-11-27)15(3)23-4/h14,16,18H,3-4,7-13,22H2,1-2,5-6H3/t18-/m0/s1. The van der Waals surface area contributed by atoms with E-state index < -0.39 is 10.0 Å². The van der Waals surface area contributed by atoms with Gasteiger partial charge in [-0.15, -0.1) is 0 Å². The summed E-state index contributed by atoms with van der Waals surface area (Å²) in [5.74, 6) is 9.74. The quantitative estimate of drug-likeness (QED) is 0.292. The average molecular weight is 434 g/mol. The van der Waals surface area contributed by atoms with Gasteiger partial charge in [-0.1, -0.05) is 25.6 Å². The highest BCUT2D eigenvalue weighted by atomic mass is 32.3. The van der Waals surface area contributed by atoms with Crippen LogP contribution < -0.4 is 15.8 Å². The van der Waals surface area contributed by atoms with Gasteiger partial charge in [-0.2, -0.15) is 9.89 Å². The van der Waals surface area contributed by atoms with Gasteiger partial charge in [0.15, 0.2) is 5.82 Å². The molecule has 0 saturated carbocycles. The van der Waals surface area contributed by atoms with Gasteiger partial charge in [-0.05, 0) is 50.2 Å². The van der Waals surface area contributed by atoms with E-state index >= 15 is 0 Å². The largest absolute Gasteiger partial charge is 0.341 e. The Kier molecular flexibility index (Phi) is 6.81. The van der Waals surface area contributed by atoms with Crippen LogP contribution in [0.15, 0.2) is 27.3 Å². The Morgan fingerprint density at radius 2 is 2.00 bits per heavy atom. The third-order valence-corrected chi connectivity index (χ3v) is 9.14. The lowest BCUT2D eigenvalue weighted by Gasteiger charge is -2.37. The second kappa shape index (κ2) is 9.01. The van der Waals surface area contributed by atoms with Crippen LogP contribution in [0.1, 0.15) is 32.4 Å². The van der Waals surface area contributed by atoms with Gasteiger partial charge in [0, 0.05) is 24.7 Å². The zero-order valence-corrected chi connectivity index (χ0v) is 19.5. The molecule has 30 heavy (non-hydrogen) atoms. The van der Waals surface area contributed by atoms with Crippen molar-refractivity contribution in [2.75, 3.05) is 47.8 Å². The highest BCUT2D eigenvalue weighted by molar-refractivity contribution is 8.33. The third kappa shape index (κ3) is 4.37. The fourth-order valence-corrected chi connectivity index (χ4v) is 6.71. The minimum Gasteiger partial charge on any atom is -0.341 e. The predicted octanol–water partition coefficient (Wildman–Crippen LogP) is 3.36. The number of aryl methyl sites for hydroxylation is 1. The Labute approximate surface area is 181 Å². The van der Waals surface area contributed by atoms with Crippen LogP contribution in [-0.2, 0) is 6.42 Å². The molecule has 1 saturated heterocycles. The number of fused-ring (bicyclic) bond motifs is 1. The molecule has 0 aromatic carbocycles. The molecule has 0 spiro atoms. The number of aromatic nitrogens is 2. The molecule has 0 radical (unpaired) electrons. The number of hydrogen-bond acceptors (Lipinski definition) is 8. The maximum atomic E-state index is 11.1. The Morgan fingerprint density at radius 3 is 2.57 bits per heavy atom. The van der Waals surface area contributed by atoms with E-state index in [-0.39, 0.29) is 18.5 Å². The van der Waals surface area contributed by atoms with Crippen LogP contribution in [0.25, 0.3) is 0 Å². The van der Waals surface area contributed by atoms with Crippen LogP contribution in [0.3, 0.4) is 0 Å². The number of anilines is 2. The van der Waals surface area contributed by atoms with Crippen LogP contribution in [0.2, 0.25) is 0 Å². The zero-order chi connectivity index (χ0) is 22.1. The molecule has 1 atom stereocenters. The maximum Gasteiger partial charge on any atom is 0.227 e. The molecular formula is C21H35N7OS. The molecule has 1 aromatic rings. The minimum atomic E-state index is -1.03. The van der Waals surface area contributed by atoms with Crippen molar-refractivity contribution in [1.29, 1.82) is 0 Å². The molecule has 0 aliphatic carbocycles. The zero-order valence-electron chi connectivity index (χ0n) is 18.7. The number of aliphatic imine (C=N–C) groups is 1. The van der Waals surface area contributed by atoms with Gasteiger partial charge in [0.05, 0.1) is 16.6 Å².